The van der Waals surface area contributed by atoms with Crippen LogP contribution in [0.5, 0.6) is 5.75 Å². The van der Waals surface area contributed by atoms with Crippen molar-refractivity contribution in [3.63, 3.8) is 0 Å². The lowest BCUT2D eigenvalue weighted by molar-refractivity contribution is -0.146. The molecule has 2 aromatic carbocycles. The summed E-state index contributed by atoms with van der Waals surface area (Å²) in [5.41, 5.74) is 1.45. The van der Waals surface area contributed by atoms with Gasteiger partial charge in [0.05, 0.1) is 0 Å². The third kappa shape index (κ3) is 9.93. The number of carbonyl (C=O) groups excluding carboxylic acids is 7. The van der Waals surface area contributed by atoms with Gasteiger partial charge in [0, 0.05) is 32.5 Å². The third-order valence-corrected chi connectivity index (χ3v) is 13.0. The second kappa shape index (κ2) is 19.7. The van der Waals surface area contributed by atoms with Crippen LogP contribution in [0.15, 0.2) is 54.6 Å². The van der Waals surface area contributed by atoms with Gasteiger partial charge < -0.3 is 41.1 Å². The highest BCUT2D eigenvalue weighted by molar-refractivity contribution is 5.99. The highest BCUT2D eigenvalue weighted by atomic mass is 16.3. The Bertz CT molecular complexity index is 1890. The predicted octanol–water partition coefficient (Wildman–Crippen LogP) is 2.20. The number of carbonyl (C=O) groups is 7. The molecule has 15 heteroatoms. The molecule has 4 heterocycles. The van der Waals surface area contributed by atoms with E-state index < -0.39 is 83.6 Å². The molecular formula is C45H61N7O8. The minimum Gasteiger partial charge on any atom is -0.508 e. The van der Waals surface area contributed by atoms with E-state index in [2.05, 4.69) is 21.3 Å². The van der Waals surface area contributed by atoms with Crippen LogP contribution in [0.25, 0.3) is 0 Å². The zero-order valence-electron chi connectivity index (χ0n) is 35.2. The van der Waals surface area contributed by atoms with Crippen molar-refractivity contribution in [3.05, 3.63) is 65.7 Å². The molecule has 0 unspecified atom stereocenters. The largest absolute Gasteiger partial charge is 0.508 e. The molecular weight excluding hydrogens is 767 g/mol. The summed E-state index contributed by atoms with van der Waals surface area (Å²) in [5, 5.41) is 21.8. The molecule has 4 saturated heterocycles. The van der Waals surface area contributed by atoms with E-state index in [1.165, 1.54) is 26.8 Å². The van der Waals surface area contributed by atoms with Gasteiger partial charge in [-0.15, -0.1) is 0 Å². The van der Waals surface area contributed by atoms with Gasteiger partial charge in [0.1, 0.15) is 48.0 Å². The molecule has 4 aliphatic heterocycles. The van der Waals surface area contributed by atoms with E-state index >= 15 is 0 Å². The number of nitrogens with zero attached hydrogens (tertiary/aromatic N) is 3. The van der Waals surface area contributed by atoms with E-state index in [1.54, 1.807) is 12.1 Å². The molecule has 4 fully saturated rings. The molecule has 0 spiro atoms. The van der Waals surface area contributed by atoms with Gasteiger partial charge in [0.25, 0.3) is 0 Å². The van der Waals surface area contributed by atoms with Gasteiger partial charge in [-0.05, 0) is 73.6 Å². The van der Waals surface area contributed by atoms with Crippen molar-refractivity contribution in [1.29, 1.82) is 0 Å². The van der Waals surface area contributed by atoms with Crippen molar-refractivity contribution in [2.24, 2.45) is 11.8 Å². The van der Waals surface area contributed by atoms with Crippen LogP contribution < -0.4 is 21.3 Å². The Morgan fingerprint density at radius 2 is 0.933 bits per heavy atom. The Hall–Kier alpha value is -5.47. The monoisotopic (exact) mass is 827 g/mol. The number of fused-ring (bicyclic) bond motifs is 3. The van der Waals surface area contributed by atoms with Crippen molar-refractivity contribution in [3.8, 4) is 5.75 Å². The number of phenols is 1. The maximum absolute atomic E-state index is 14.6. The number of amides is 7. The lowest BCUT2D eigenvalue weighted by Crippen LogP contribution is -2.60. The highest BCUT2D eigenvalue weighted by Gasteiger charge is 2.45. The molecule has 60 heavy (non-hydrogen) atoms. The van der Waals surface area contributed by atoms with Crippen molar-refractivity contribution in [2.45, 2.75) is 134 Å². The number of phenolic OH excluding ortho intramolecular Hbond substituents is 1. The van der Waals surface area contributed by atoms with E-state index in [0.717, 1.165) is 5.56 Å². The average Bonchev–Trinajstić information content (AvgIpc) is 4.06. The molecule has 0 aromatic heterocycles. The first-order chi connectivity index (χ1) is 28.8. The number of hydrogen-bond donors (Lipinski definition) is 5. The van der Waals surface area contributed by atoms with Crippen molar-refractivity contribution in [2.75, 3.05) is 19.6 Å². The molecule has 6 rings (SSSR count). The summed E-state index contributed by atoms with van der Waals surface area (Å²) in [4.78, 5) is 105. The fourth-order valence-electron chi connectivity index (χ4n) is 9.02. The molecule has 324 valence electrons. The van der Waals surface area contributed by atoms with Gasteiger partial charge in [-0.3, -0.25) is 33.6 Å². The lowest BCUT2D eigenvalue weighted by atomic mass is 9.96. The van der Waals surface area contributed by atoms with Gasteiger partial charge in [0.2, 0.25) is 41.4 Å². The average molecular weight is 828 g/mol. The summed E-state index contributed by atoms with van der Waals surface area (Å²) in [5.74, 6) is -4.08. The van der Waals surface area contributed by atoms with E-state index in [9.17, 15) is 38.7 Å². The Balaban J connectivity index is 1.40. The van der Waals surface area contributed by atoms with Crippen LogP contribution in [0.2, 0.25) is 0 Å². The normalized spacial score (nSPS) is 28.4. The molecule has 9 atom stereocenters. The summed E-state index contributed by atoms with van der Waals surface area (Å²) in [6.45, 7) is 8.30. The Morgan fingerprint density at radius 3 is 1.42 bits per heavy atom. The smallest absolute Gasteiger partial charge is 0.246 e. The zero-order valence-corrected chi connectivity index (χ0v) is 35.2. The first-order valence-corrected chi connectivity index (χ1v) is 21.8. The first kappa shape index (κ1) is 44.1. The Labute approximate surface area is 352 Å². The molecule has 0 bridgehead atoms. The fourth-order valence-corrected chi connectivity index (χ4v) is 9.02. The third-order valence-electron chi connectivity index (χ3n) is 13.0. The molecule has 7 amide bonds. The number of benzene rings is 2. The van der Waals surface area contributed by atoms with E-state index in [4.69, 9.17) is 0 Å². The summed E-state index contributed by atoms with van der Waals surface area (Å²) in [7, 11) is 0. The molecule has 0 aliphatic carbocycles. The second-order valence-electron chi connectivity index (χ2n) is 17.0. The maximum atomic E-state index is 14.6. The van der Waals surface area contributed by atoms with Gasteiger partial charge >= 0.3 is 0 Å². The Kier molecular flexibility index (Phi) is 14.5. The van der Waals surface area contributed by atoms with Crippen LogP contribution in [-0.2, 0) is 46.4 Å². The van der Waals surface area contributed by atoms with Crippen LogP contribution in [0, 0.1) is 11.8 Å². The molecule has 0 radical (unpaired) electrons. The van der Waals surface area contributed by atoms with E-state index in [-0.39, 0.29) is 50.1 Å². The first-order valence-electron chi connectivity index (χ1n) is 21.8. The zero-order chi connectivity index (χ0) is 43.1. The topological polar surface area (TPSA) is 198 Å². The van der Waals surface area contributed by atoms with Gasteiger partial charge in [-0.2, -0.15) is 0 Å². The van der Waals surface area contributed by atoms with Crippen molar-refractivity contribution < 1.29 is 38.7 Å². The highest BCUT2D eigenvalue weighted by Crippen LogP contribution is 2.26. The summed E-state index contributed by atoms with van der Waals surface area (Å²) in [6.07, 6.45) is 3.88. The lowest BCUT2D eigenvalue weighted by Gasteiger charge is -2.34. The summed E-state index contributed by atoms with van der Waals surface area (Å²) < 4.78 is 0. The van der Waals surface area contributed by atoms with Crippen LogP contribution in [0.4, 0.5) is 0 Å². The number of rotatable bonds is 8. The molecule has 2 aromatic rings. The maximum Gasteiger partial charge on any atom is 0.246 e. The fraction of sp³-hybridized carbons (Fsp3) is 0.578. The SMILES string of the molecule is CC[C@H](C)[C@@H]1NC(=O)[C@@H]2CCCN2C(=O)[C@H](Cc2ccc(O)cc2)NC(=O)[C@@H]2CCCN2C(=O)[C@H]([C@@H](C)CC)NC(=O)[C@@H]2CCCN2C(=O)[C@@H](Cc2ccccc2)NC1=O. The summed E-state index contributed by atoms with van der Waals surface area (Å²) in [6, 6.07) is 8.55. The number of nitrogens with one attached hydrogen (secondary N) is 4. The molecule has 0 saturated carbocycles. The van der Waals surface area contributed by atoms with Crippen molar-refractivity contribution >= 4 is 41.4 Å². The number of hydrogen-bond acceptors (Lipinski definition) is 8. The quantitative estimate of drug-likeness (QED) is 0.267. The molecule has 5 N–H and O–H groups in total. The Morgan fingerprint density at radius 1 is 0.533 bits per heavy atom. The minimum atomic E-state index is -1.13. The van der Waals surface area contributed by atoms with Gasteiger partial charge in [-0.25, -0.2) is 0 Å². The van der Waals surface area contributed by atoms with Gasteiger partial charge in [-0.1, -0.05) is 83.0 Å². The van der Waals surface area contributed by atoms with Crippen LogP contribution in [-0.4, -0.2) is 123 Å². The molecule has 4 aliphatic rings. The standard InChI is InChI=1S/C45H61N7O8/c1-5-27(3)37-42(57)47-33(25-29-13-8-7-9-14-29)44(59)51-23-11-17-36(51)41(56)49-38(28(4)6-2)45(60)52-24-12-15-34(52)39(54)46-32(26-30-18-20-31(53)21-19-30)43(58)50-22-10-16-35(50)40(55)48-37/h7-9,13-14,18-21,27-28,32-38,53H,5-6,10-12,15-17,22-26H2,1-4H3,(H,46,54)(H,47,57)(H,48,55)(H,49,56)/t27-,28-,32-,33+,34-,35-,36-,37-,38-/m0/s1. The predicted molar refractivity (Wildman–Crippen MR) is 223 cm³/mol. The van der Waals surface area contributed by atoms with E-state index in [0.29, 0.717) is 56.9 Å². The van der Waals surface area contributed by atoms with Crippen molar-refractivity contribution in [1.82, 2.24) is 36.0 Å². The van der Waals surface area contributed by atoms with E-state index in [1.807, 2.05) is 58.0 Å². The minimum absolute atomic E-state index is 0.0386. The van der Waals surface area contributed by atoms with Gasteiger partial charge in [0.15, 0.2) is 0 Å². The van der Waals surface area contributed by atoms with Crippen LogP contribution in [0.3, 0.4) is 0 Å². The summed E-state index contributed by atoms with van der Waals surface area (Å²) >= 11 is 0. The van der Waals surface area contributed by atoms with Crippen LogP contribution >= 0.6 is 0 Å². The second-order valence-corrected chi connectivity index (χ2v) is 17.0. The molecule has 15 nitrogen and oxygen atoms in total. The number of aromatic hydroxyl groups is 1. The van der Waals surface area contributed by atoms with Crippen LogP contribution in [0.1, 0.15) is 90.2 Å².